The molecular weight excluding hydrogens is 288 g/mol. The lowest BCUT2D eigenvalue weighted by Crippen LogP contribution is -2.26. The van der Waals surface area contributed by atoms with Gasteiger partial charge in [0.1, 0.15) is 5.75 Å². The number of carbonyl (C=O) groups is 1. The number of methoxy groups -OCH3 is 1. The number of hydrogen-bond acceptors (Lipinski definition) is 3. The molecule has 4 nitrogen and oxygen atoms in total. The van der Waals surface area contributed by atoms with E-state index in [2.05, 4.69) is 0 Å². The van der Waals surface area contributed by atoms with Gasteiger partial charge in [0, 0.05) is 22.0 Å². The highest BCUT2D eigenvalue weighted by atomic mass is 35.5. The molecule has 5 heteroatoms. The van der Waals surface area contributed by atoms with Crippen LogP contribution in [0.5, 0.6) is 5.75 Å². The highest BCUT2D eigenvalue weighted by Gasteiger charge is 2.28. The van der Waals surface area contributed by atoms with Crippen molar-refractivity contribution in [1.82, 2.24) is 0 Å². The third-order valence-electron chi connectivity index (χ3n) is 3.61. The van der Waals surface area contributed by atoms with Crippen molar-refractivity contribution < 1.29 is 9.53 Å². The van der Waals surface area contributed by atoms with Gasteiger partial charge < -0.3 is 15.4 Å². The Morgan fingerprint density at radius 3 is 2.86 bits per heavy atom. The largest absolute Gasteiger partial charge is 0.496 e. The summed E-state index contributed by atoms with van der Waals surface area (Å²) in [5.41, 5.74) is 9.18. The molecule has 0 aliphatic carbocycles. The lowest BCUT2D eigenvalue weighted by molar-refractivity contribution is -0.117. The summed E-state index contributed by atoms with van der Waals surface area (Å²) in [7, 11) is 1.60. The number of ether oxygens (including phenoxy) is 1. The molecule has 0 bridgehead atoms. The van der Waals surface area contributed by atoms with Gasteiger partial charge in [0.05, 0.1) is 20.1 Å². The van der Waals surface area contributed by atoms with Crippen molar-refractivity contribution >= 4 is 28.9 Å². The molecule has 108 valence electrons. The second-order valence-electron chi connectivity index (χ2n) is 5.00. The van der Waals surface area contributed by atoms with Crippen molar-refractivity contribution in [3.63, 3.8) is 0 Å². The Bertz CT molecular complexity index is 715. The summed E-state index contributed by atoms with van der Waals surface area (Å²) in [5.74, 6) is 0.772. The fraction of sp³-hybridized carbons (Fsp3) is 0.188. The van der Waals surface area contributed by atoms with Crippen LogP contribution in [0.25, 0.3) is 0 Å². The van der Waals surface area contributed by atoms with Crippen LogP contribution in [0.15, 0.2) is 36.4 Å². The third kappa shape index (κ3) is 2.54. The lowest BCUT2D eigenvalue weighted by Gasteiger charge is -2.19. The van der Waals surface area contributed by atoms with Crippen LogP contribution >= 0.6 is 11.6 Å². The quantitative estimate of drug-likeness (QED) is 0.887. The van der Waals surface area contributed by atoms with Crippen molar-refractivity contribution in [2.24, 2.45) is 0 Å². The van der Waals surface area contributed by atoms with Crippen LogP contribution in [0.2, 0.25) is 5.02 Å². The normalized spacial score (nSPS) is 13.4. The second kappa shape index (κ2) is 5.30. The van der Waals surface area contributed by atoms with Crippen molar-refractivity contribution in [1.29, 1.82) is 0 Å². The van der Waals surface area contributed by atoms with Crippen LogP contribution in [0.1, 0.15) is 11.1 Å². The van der Waals surface area contributed by atoms with Crippen molar-refractivity contribution in [2.75, 3.05) is 17.7 Å². The first-order chi connectivity index (χ1) is 10.1. The average molecular weight is 303 g/mol. The second-order valence-corrected chi connectivity index (χ2v) is 5.44. The SMILES string of the molecule is COc1ccc(Cl)cc1CN1C(=O)Cc2cc(N)ccc21. The fourth-order valence-corrected chi connectivity index (χ4v) is 2.81. The number of nitrogens with two attached hydrogens (primary N) is 1. The number of fused-ring (bicyclic) bond motifs is 1. The van der Waals surface area contributed by atoms with Crippen molar-refractivity contribution in [3.05, 3.63) is 52.5 Å². The molecule has 2 N–H and O–H groups in total. The van der Waals surface area contributed by atoms with Crippen LogP contribution in [0, 0.1) is 0 Å². The molecule has 0 atom stereocenters. The van der Waals surface area contributed by atoms with Crippen molar-refractivity contribution in [2.45, 2.75) is 13.0 Å². The number of halogens is 1. The number of hydrogen-bond donors (Lipinski definition) is 1. The summed E-state index contributed by atoms with van der Waals surface area (Å²) < 4.78 is 5.34. The van der Waals surface area contributed by atoms with E-state index in [-0.39, 0.29) is 5.91 Å². The van der Waals surface area contributed by atoms with Crippen LogP contribution in [-0.4, -0.2) is 13.0 Å². The van der Waals surface area contributed by atoms with Crippen LogP contribution in [0.4, 0.5) is 11.4 Å². The molecule has 1 amide bonds. The molecule has 0 spiro atoms. The number of carbonyl (C=O) groups excluding carboxylic acids is 1. The molecule has 0 saturated heterocycles. The van der Waals surface area contributed by atoms with E-state index in [1.807, 2.05) is 24.3 Å². The van der Waals surface area contributed by atoms with E-state index in [0.29, 0.717) is 23.7 Å². The van der Waals surface area contributed by atoms with Gasteiger partial charge in [-0.1, -0.05) is 11.6 Å². The predicted octanol–water partition coefficient (Wildman–Crippen LogP) is 3.02. The van der Waals surface area contributed by atoms with E-state index in [1.54, 1.807) is 24.1 Å². The number of rotatable bonds is 3. The van der Waals surface area contributed by atoms with Crippen molar-refractivity contribution in [3.8, 4) is 5.75 Å². The van der Waals surface area contributed by atoms with Gasteiger partial charge in [0.25, 0.3) is 0 Å². The zero-order valence-corrected chi connectivity index (χ0v) is 12.4. The minimum atomic E-state index is 0.0534. The topological polar surface area (TPSA) is 55.6 Å². The molecule has 0 saturated carbocycles. The third-order valence-corrected chi connectivity index (χ3v) is 3.84. The van der Waals surface area contributed by atoms with Gasteiger partial charge in [-0.15, -0.1) is 0 Å². The predicted molar refractivity (Wildman–Crippen MR) is 83.8 cm³/mol. The molecule has 0 unspecified atom stereocenters. The summed E-state index contributed by atoms with van der Waals surface area (Å²) in [5, 5.41) is 0.620. The molecule has 0 fully saturated rings. The van der Waals surface area contributed by atoms with Crippen LogP contribution in [-0.2, 0) is 17.8 Å². The van der Waals surface area contributed by atoms with Crippen LogP contribution < -0.4 is 15.4 Å². The zero-order chi connectivity index (χ0) is 15.0. The molecule has 2 aromatic carbocycles. The number of benzene rings is 2. The lowest BCUT2D eigenvalue weighted by atomic mass is 10.1. The van der Waals surface area contributed by atoms with E-state index in [1.165, 1.54) is 0 Å². The molecular formula is C16H15ClN2O2. The first-order valence-electron chi connectivity index (χ1n) is 6.59. The Balaban J connectivity index is 1.96. The zero-order valence-electron chi connectivity index (χ0n) is 11.6. The van der Waals surface area contributed by atoms with Gasteiger partial charge >= 0.3 is 0 Å². The number of anilines is 2. The Labute approximate surface area is 128 Å². The van der Waals surface area contributed by atoms with E-state index < -0.39 is 0 Å². The Morgan fingerprint density at radius 1 is 1.29 bits per heavy atom. The van der Waals surface area contributed by atoms with E-state index >= 15 is 0 Å². The van der Waals surface area contributed by atoms with Gasteiger partial charge in [-0.2, -0.15) is 0 Å². The monoisotopic (exact) mass is 302 g/mol. The van der Waals surface area contributed by atoms with Gasteiger partial charge in [-0.3, -0.25) is 4.79 Å². The highest BCUT2D eigenvalue weighted by molar-refractivity contribution is 6.30. The molecule has 0 radical (unpaired) electrons. The number of amides is 1. The summed E-state index contributed by atoms with van der Waals surface area (Å²) in [6.45, 7) is 0.430. The standard InChI is InChI=1S/C16H15ClN2O2/c1-21-15-5-2-12(17)6-11(15)9-19-14-4-3-13(18)7-10(14)8-16(19)20/h2-7H,8-9,18H2,1H3. The maximum Gasteiger partial charge on any atom is 0.231 e. The molecule has 2 aromatic rings. The maximum atomic E-state index is 12.2. The smallest absolute Gasteiger partial charge is 0.231 e. The average Bonchev–Trinajstić information content (AvgIpc) is 2.74. The summed E-state index contributed by atoms with van der Waals surface area (Å²) in [4.78, 5) is 14.0. The highest BCUT2D eigenvalue weighted by Crippen LogP contribution is 2.33. The fourth-order valence-electron chi connectivity index (χ4n) is 2.62. The van der Waals surface area contributed by atoms with Gasteiger partial charge in [-0.25, -0.2) is 0 Å². The Hall–Kier alpha value is -2.20. The summed E-state index contributed by atoms with van der Waals surface area (Å²) in [6.07, 6.45) is 0.378. The molecule has 21 heavy (non-hydrogen) atoms. The Morgan fingerprint density at radius 2 is 2.10 bits per heavy atom. The van der Waals surface area contributed by atoms with E-state index in [0.717, 1.165) is 22.6 Å². The molecule has 0 aromatic heterocycles. The minimum Gasteiger partial charge on any atom is -0.496 e. The first-order valence-corrected chi connectivity index (χ1v) is 6.97. The summed E-state index contributed by atoms with van der Waals surface area (Å²) >= 11 is 6.04. The maximum absolute atomic E-state index is 12.2. The van der Waals surface area contributed by atoms with Gasteiger partial charge in [0.2, 0.25) is 5.91 Å². The molecule has 1 aliphatic rings. The van der Waals surface area contributed by atoms with E-state index in [4.69, 9.17) is 22.1 Å². The number of nitrogens with zero attached hydrogens (tertiary/aromatic N) is 1. The Kier molecular flexibility index (Phi) is 3.47. The minimum absolute atomic E-state index is 0.0534. The molecule has 1 aliphatic heterocycles. The van der Waals surface area contributed by atoms with Gasteiger partial charge in [-0.05, 0) is 42.0 Å². The summed E-state index contributed by atoms with van der Waals surface area (Å²) in [6, 6.07) is 10.9. The molecule has 3 rings (SSSR count). The van der Waals surface area contributed by atoms with Gasteiger partial charge in [0.15, 0.2) is 0 Å². The number of nitrogen functional groups attached to an aromatic ring is 1. The molecule has 1 heterocycles. The van der Waals surface area contributed by atoms with E-state index in [9.17, 15) is 4.79 Å². The first kappa shape index (κ1) is 13.8. The van der Waals surface area contributed by atoms with Crippen LogP contribution in [0.3, 0.4) is 0 Å².